The van der Waals surface area contributed by atoms with Crippen molar-refractivity contribution in [1.82, 2.24) is 15.5 Å². The molecular formula is C12H19N5O2. The zero-order chi connectivity index (χ0) is 14.3. The molecule has 0 bridgehead atoms. The number of hydrogen-bond donors (Lipinski definition) is 3. The Balaban J connectivity index is 2.37. The Hall–Kier alpha value is -2.18. The Morgan fingerprint density at radius 2 is 2.16 bits per heavy atom. The number of aromatic nitrogens is 2. The molecular weight excluding hydrogens is 246 g/mol. The Bertz CT molecular complexity index is 473. The van der Waals surface area contributed by atoms with Crippen LogP contribution in [0.5, 0.6) is 0 Å². The summed E-state index contributed by atoms with van der Waals surface area (Å²) >= 11 is 0. The van der Waals surface area contributed by atoms with Gasteiger partial charge in [-0.3, -0.25) is 4.79 Å². The molecule has 0 aliphatic carbocycles. The molecule has 1 aromatic heterocycles. The number of carbonyl (C=O) groups excluding carboxylic acids is 1. The third-order valence-electron chi connectivity index (χ3n) is 2.62. The van der Waals surface area contributed by atoms with E-state index < -0.39 is 0 Å². The number of nitrogens with zero attached hydrogens (tertiary/aromatic N) is 3. The molecule has 4 N–H and O–H groups in total. The molecule has 1 heterocycles. The van der Waals surface area contributed by atoms with Gasteiger partial charge in [0, 0.05) is 13.0 Å². The average Bonchev–Trinajstić information content (AvgIpc) is 2.40. The Morgan fingerprint density at radius 3 is 2.84 bits per heavy atom. The molecule has 0 fully saturated rings. The molecule has 7 heteroatoms. The number of unbranched alkanes of at least 4 members (excludes halogenated alkanes) is 1. The Kier molecular flexibility index (Phi) is 5.72. The average molecular weight is 265 g/mol. The van der Waals surface area contributed by atoms with Gasteiger partial charge in [0.2, 0.25) is 0 Å². The Labute approximate surface area is 111 Å². The van der Waals surface area contributed by atoms with E-state index in [4.69, 9.17) is 10.9 Å². The van der Waals surface area contributed by atoms with Crippen LogP contribution >= 0.6 is 0 Å². The van der Waals surface area contributed by atoms with Crippen molar-refractivity contribution in [3.05, 3.63) is 23.0 Å². The summed E-state index contributed by atoms with van der Waals surface area (Å²) in [5, 5.41) is 21.8. The maximum absolute atomic E-state index is 11.9. The molecule has 0 aliphatic rings. The van der Waals surface area contributed by atoms with Gasteiger partial charge in [-0.05, 0) is 32.8 Å². The molecule has 104 valence electrons. The first-order chi connectivity index (χ1) is 9.04. The third-order valence-corrected chi connectivity index (χ3v) is 2.62. The lowest BCUT2D eigenvalue weighted by Crippen LogP contribution is -2.26. The number of oxime groups is 1. The maximum atomic E-state index is 11.9. The van der Waals surface area contributed by atoms with Gasteiger partial charge in [-0.15, -0.1) is 0 Å². The van der Waals surface area contributed by atoms with Crippen LogP contribution in [0.15, 0.2) is 11.2 Å². The molecule has 0 spiro atoms. The van der Waals surface area contributed by atoms with E-state index in [-0.39, 0.29) is 11.7 Å². The van der Waals surface area contributed by atoms with E-state index in [0.29, 0.717) is 29.9 Å². The van der Waals surface area contributed by atoms with Gasteiger partial charge >= 0.3 is 0 Å². The minimum Gasteiger partial charge on any atom is -0.409 e. The summed E-state index contributed by atoms with van der Waals surface area (Å²) in [6.45, 7) is 4.08. The lowest BCUT2D eigenvalue weighted by molar-refractivity contribution is 0.0951. The number of amides is 1. The van der Waals surface area contributed by atoms with Crippen molar-refractivity contribution in [2.45, 2.75) is 33.1 Å². The maximum Gasteiger partial charge on any atom is 0.253 e. The van der Waals surface area contributed by atoms with Crippen molar-refractivity contribution in [2.75, 3.05) is 6.54 Å². The first-order valence-electron chi connectivity index (χ1n) is 6.10. The van der Waals surface area contributed by atoms with Gasteiger partial charge in [-0.1, -0.05) is 5.16 Å². The third kappa shape index (κ3) is 4.90. The van der Waals surface area contributed by atoms with E-state index in [1.807, 2.05) is 0 Å². The second kappa shape index (κ2) is 7.30. The van der Waals surface area contributed by atoms with Crippen LogP contribution in [-0.2, 0) is 0 Å². The van der Waals surface area contributed by atoms with E-state index in [0.717, 1.165) is 12.8 Å². The summed E-state index contributed by atoms with van der Waals surface area (Å²) in [4.78, 5) is 11.9. The fourth-order valence-electron chi connectivity index (χ4n) is 1.56. The fraction of sp³-hybridized carbons (Fsp3) is 0.500. The van der Waals surface area contributed by atoms with Gasteiger partial charge in [0.15, 0.2) is 0 Å². The molecule has 0 aliphatic heterocycles. The summed E-state index contributed by atoms with van der Waals surface area (Å²) in [6.07, 6.45) is 2.03. The van der Waals surface area contributed by atoms with Crippen molar-refractivity contribution in [1.29, 1.82) is 0 Å². The van der Waals surface area contributed by atoms with Gasteiger partial charge in [0.05, 0.1) is 17.0 Å². The van der Waals surface area contributed by atoms with Gasteiger partial charge in [0.1, 0.15) is 5.84 Å². The molecule has 0 saturated heterocycles. The topological polar surface area (TPSA) is 113 Å². The lowest BCUT2D eigenvalue weighted by atomic mass is 10.2. The van der Waals surface area contributed by atoms with Crippen molar-refractivity contribution in [3.63, 3.8) is 0 Å². The normalized spacial score (nSPS) is 11.4. The van der Waals surface area contributed by atoms with Gasteiger partial charge in [-0.25, -0.2) is 0 Å². The van der Waals surface area contributed by atoms with E-state index in [2.05, 4.69) is 20.7 Å². The van der Waals surface area contributed by atoms with E-state index in [9.17, 15) is 4.79 Å². The molecule has 0 radical (unpaired) electrons. The summed E-state index contributed by atoms with van der Waals surface area (Å²) in [7, 11) is 0. The van der Waals surface area contributed by atoms with E-state index >= 15 is 0 Å². The van der Waals surface area contributed by atoms with Crippen LogP contribution in [0.25, 0.3) is 0 Å². The van der Waals surface area contributed by atoms with Gasteiger partial charge in [0.25, 0.3) is 5.91 Å². The van der Waals surface area contributed by atoms with Gasteiger partial charge in [-0.2, -0.15) is 10.2 Å². The van der Waals surface area contributed by atoms with Crippen molar-refractivity contribution in [2.24, 2.45) is 10.9 Å². The van der Waals surface area contributed by atoms with Crippen LogP contribution in [0.1, 0.15) is 41.0 Å². The number of carbonyl (C=O) groups is 1. The highest BCUT2D eigenvalue weighted by atomic mass is 16.4. The predicted molar refractivity (Wildman–Crippen MR) is 71.1 cm³/mol. The molecule has 0 aromatic carbocycles. The number of nitrogens with one attached hydrogen (secondary N) is 1. The highest BCUT2D eigenvalue weighted by molar-refractivity contribution is 5.95. The predicted octanol–water partition coefficient (Wildman–Crippen LogP) is 0.740. The highest BCUT2D eigenvalue weighted by Crippen LogP contribution is 2.05. The van der Waals surface area contributed by atoms with Crippen LogP contribution < -0.4 is 11.1 Å². The second-order valence-electron chi connectivity index (χ2n) is 4.29. The summed E-state index contributed by atoms with van der Waals surface area (Å²) in [6, 6.07) is 1.72. The lowest BCUT2D eigenvalue weighted by Gasteiger charge is -2.07. The minimum absolute atomic E-state index is 0.153. The first-order valence-corrected chi connectivity index (χ1v) is 6.10. The first kappa shape index (κ1) is 14.9. The number of aryl methyl sites for hydroxylation is 2. The van der Waals surface area contributed by atoms with Crippen LogP contribution in [0, 0.1) is 13.8 Å². The fourth-order valence-corrected chi connectivity index (χ4v) is 1.56. The monoisotopic (exact) mass is 265 g/mol. The number of amidine groups is 1. The number of rotatable bonds is 6. The van der Waals surface area contributed by atoms with Crippen molar-refractivity contribution >= 4 is 11.7 Å². The SMILES string of the molecule is Cc1cc(C(=O)NCCCC/C(N)=N/O)c(C)nn1. The van der Waals surface area contributed by atoms with Crippen molar-refractivity contribution < 1.29 is 10.0 Å². The number of hydrogen-bond acceptors (Lipinski definition) is 5. The molecule has 0 atom stereocenters. The molecule has 1 aromatic rings. The highest BCUT2D eigenvalue weighted by Gasteiger charge is 2.10. The second-order valence-corrected chi connectivity index (χ2v) is 4.29. The van der Waals surface area contributed by atoms with Crippen molar-refractivity contribution in [3.8, 4) is 0 Å². The Morgan fingerprint density at radius 1 is 1.42 bits per heavy atom. The van der Waals surface area contributed by atoms with E-state index in [1.54, 1.807) is 19.9 Å². The smallest absolute Gasteiger partial charge is 0.253 e. The van der Waals surface area contributed by atoms with Crippen LogP contribution in [0.2, 0.25) is 0 Å². The molecule has 7 nitrogen and oxygen atoms in total. The molecule has 0 saturated carbocycles. The quantitative estimate of drug-likeness (QED) is 0.231. The summed E-state index contributed by atoms with van der Waals surface area (Å²) in [5.41, 5.74) is 7.21. The largest absolute Gasteiger partial charge is 0.409 e. The summed E-state index contributed by atoms with van der Waals surface area (Å²) in [5.74, 6) is 0.0513. The standard InChI is InChI=1S/C12H19N5O2/c1-8-7-10(9(2)16-15-8)12(18)14-6-4-3-5-11(13)17-19/h7,19H,3-6H2,1-2H3,(H2,13,17)(H,14,18). The molecule has 1 rings (SSSR count). The van der Waals surface area contributed by atoms with Crippen LogP contribution in [0.4, 0.5) is 0 Å². The zero-order valence-corrected chi connectivity index (χ0v) is 11.2. The summed E-state index contributed by atoms with van der Waals surface area (Å²) < 4.78 is 0. The zero-order valence-electron chi connectivity index (χ0n) is 11.2. The molecule has 0 unspecified atom stereocenters. The van der Waals surface area contributed by atoms with Crippen LogP contribution in [-0.4, -0.2) is 33.7 Å². The van der Waals surface area contributed by atoms with E-state index in [1.165, 1.54) is 0 Å². The van der Waals surface area contributed by atoms with Crippen LogP contribution in [0.3, 0.4) is 0 Å². The number of nitrogens with two attached hydrogens (primary N) is 1. The van der Waals surface area contributed by atoms with Gasteiger partial charge < -0.3 is 16.3 Å². The molecule has 19 heavy (non-hydrogen) atoms. The minimum atomic E-state index is -0.153. The molecule has 1 amide bonds.